The average molecular weight is 1280 g/mol. The zero-order valence-corrected chi connectivity index (χ0v) is 61.0. The maximum Gasteiger partial charge on any atom is 0.306 e. The second-order valence-electron chi connectivity index (χ2n) is 27.3. The van der Waals surface area contributed by atoms with Gasteiger partial charge in [-0.1, -0.05) is 350 Å². The summed E-state index contributed by atoms with van der Waals surface area (Å²) in [7, 11) is 1.18. The summed E-state index contributed by atoms with van der Waals surface area (Å²) < 4.78 is 34.4. The van der Waals surface area contributed by atoms with Gasteiger partial charge < -0.3 is 27.9 Å². The van der Waals surface area contributed by atoms with E-state index in [0.717, 1.165) is 70.6 Å². The number of allylic oxidation sites excluding steroid dienone is 12. The molecule has 0 N–H and O–H groups in total. The number of nitrogens with zero attached hydrogens (tertiary/aromatic N) is 1. The van der Waals surface area contributed by atoms with E-state index >= 15 is 0 Å². The Kier molecular flexibility index (Phi) is 68.8. The van der Waals surface area contributed by atoms with Gasteiger partial charge in [-0.2, -0.15) is 0 Å². The highest BCUT2D eigenvalue weighted by molar-refractivity contribution is 7.45. The number of quaternary nitrogens is 1. The third kappa shape index (κ3) is 74.5. The molecule has 0 bridgehead atoms. The fraction of sp³-hybridized carbons (Fsp3) is 0.825. The van der Waals surface area contributed by atoms with Crippen molar-refractivity contribution >= 4 is 19.8 Å². The second kappa shape index (κ2) is 70.8. The molecule has 0 radical (unpaired) electrons. The molecule has 10 heteroatoms. The van der Waals surface area contributed by atoms with Crippen LogP contribution in [0.25, 0.3) is 0 Å². The first-order valence-corrected chi connectivity index (χ1v) is 40.1. The van der Waals surface area contributed by atoms with Crippen molar-refractivity contribution < 1.29 is 42.1 Å². The van der Waals surface area contributed by atoms with Gasteiger partial charge in [0.05, 0.1) is 27.7 Å². The van der Waals surface area contributed by atoms with Crippen molar-refractivity contribution in [1.82, 2.24) is 0 Å². The zero-order valence-electron chi connectivity index (χ0n) is 60.1. The average Bonchev–Trinajstić information content (AvgIpc) is 3.61. The number of hydrogen-bond donors (Lipinski definition) is 0. The summed E-state index contributed by atoms with van der Waals surface area (Å²) in [4.78, 5) is 38.1. The van der Waals surface area contributed by atoms with Gasteiger partial charge >= 0.3 is 11.9 Å². The molecule has 0 aromatic rings. The Balaban J connectivity index is 3.91. The number of carbonyl (C=O) groups is 2. The molecule has 0 aromatic carbocycles. The highest BCUT2D eigenvalue weighted by Crippen LogP contribution is 2.38. The lowest BCUT2D eigenvalue weighted by molar-refractivity contribution is -0.870. The number of esters is 2. The minimum absolute atomic E-state index is 0.0305. The molecule has 90 heavy (non-hydrogen) atoms. The molecule has 526 valence electrons. The lowest BCUT2D eigenvalue weighted by atomic mass is 10.0. The largest absolute Gasteiger partial charge is 0.756 e. The molecule has 0 amide bonds. The fourth-order valence-corrected chi connectivity index (χ4v) is 12.1. The van der Waals surface area contributed by atoms with Gasteiger partial charge in [0.15, 0.2) is 6.10 Å². The van der Waals surface area contributed by atoms with Crippen LogP contribution >= 0.6 is 7.82 Å². The third-order valence-electron chi connectivity index (χ3n) is 17.2. The van der Waals surface area contributed by atoms with E-state index in [0.29, 0.717) is 17.4 Å². The molecule has 0 aliphatic carbocycles. The van der Waals surface area contributed by atoms with Gasteiger partial charge in [0.25, 0.3) is 7.82 Å². The Bertz CT molecular complexity index is 1750. The smallest absolute Gasteiger partial charge is 0.306 e. The summed E-state index contributed by atoms with van der Waals surface area (Å²) in [6, 6.07) is 0. The normalized spacial score (nSPS) is 13.4. The van der Waals surface area contributed by atoms with Crippen LogP contribution in [0.15, 0.2) is 72.9 Å². The van der Waals surface area contributed by atoms with Crippen LogP contribution in [0.4, 0.5) is 0 Å². The van der Waals surface area contributed by atoms with Crippen LogP contribution in [-0.2, 0) is 32.7 Å². The van der Waals surface area contributed by atoms with Crippen LogP contribution in [0, 0.1) is 0 Å². The number of likely N-dealkylation sites (N-methyl/N-ethyl adjacent to an activating group) is 1. The van der Waals surface area contributed by atoms with Crippen LogP contribution in [0.1, 0.15) is 373 Å². The third-order valence-corrected chi connectivity index (χ3v) is 18.2. The second-order valence-corrected chi connectivity index (χ2v) is 28.8. The highest BCUT2D eigenvalue weighted by atomic mass is 31.2. The van der Waals surface area contributed by atoms with E-state index in [-0.39, 0.29) is 32.0 Å². The minimum atomic E-state index is -4.64. The van der Waals surface area contributed by atoms with Gasteiger partial charge in [-0.15, -0.1) is 0 Å². The molecule has 0 fully saturated rings. The Morgan fingerprint density at radius 3 is 0.944 bits per heavy atom. The number of rotatable bonds is 72. The quantitative estimate of drug-likeness (QED) is 0.0195. The molecule has 0 rings (SSSR count). The molecule has 0 aliphatic rings. The van der Waals surface area contributed by atoms with E-state index in [9.17, 15) is 19.0 Å². The molecule has 2 atom stereocenters. The number of phosphoric ester groups is 1. The van der Waals surface area contributed by atoms with E-state index in [1.807, 2.05) is 21.1 Å². The molecule has 2 unspecified atom stereocenters. The van der Waals surface area contributed by atoms with Gasteiger partial charge in [-0.3, -0.25) is 14.2 Å². The summed E-state index contributed by atoms with van der Waals surface area (Å²) in [6.45, 7) is 4.17. The predicted molar refractivity (Wildman–Crippen MR) is 388 cm³/mol. The van der Waals surface area contributed by atoms with Crippen LogP contribution in [0.5, 0.6) is 0 Å². The summed E-state index contributed by atoms with van der Waals surface area (Å²) in [5.74, 6) is -0.817. The first kappa shape index (κ1) is 87.5. The minimum Gasteiger partial charge on any atom is -0.756 e. The SMILES string of the molecule is CC/C=C\C/C=C\C/C=C\C/C=C\CCCCCCCCCCCCCCCCC(=O)OC(COC(=O)CCCCCCCCCCCCCCCCCCCCCCCCCCCCC/C=C\C/C=C\CCCCCCC)COP(=O)([O-])OCC[N+](C)(C)C. The molecule has 0 saturated heterocycles. The fourth-order valence-electron chi connectivity index (χ4n) is 11.3. The molecular weight excluding hydrogens is 1130 g/mol. The van der Waals surface area contributed by atoms with Crippen LogP contribution in [0.2, 0.25) is 0 Å². The number of phosphoric acid groups is 1. The summed E-state index contributed by atoms with van der Waals surface area (Å²) in [5, 5.41) is 0. The van der Waals surface area contributed by atoms with Gasteiger partial charge in [0, 0.05) is 12.8 Å². The molecule has 0 spiro atoms. The van der Waals surface area contributed by atoms with E-state index in [1.54, 1.807) is 0 Å². The summed E-state index contributed by atoms with van der Waals surface area (Å²) >= 11 is 0. The molecule has 0 saturated carbocycles. The maximum atomic E-state index is 12.9. The van der Waals surface area contributed by atoms with E-state index in [4.69, 9.17) is 18.5 Å². The number of ether oxygens (including phenoxy) is 2. The van der Waals surface area contributed by atoms with Crippen molar-refractivity contribution in [3.63, 3.8) is 0 Å². The Labute approximate surface area is 559 Å². The van der Waals surface area contributed by atoms with Gasteiger partial charge in [0.2, 0.25) is 0 Å². The van der Waals surface area contributed by atoms with Gasteiger partial charge in [0.1, 0.15) is 19.8 Å². The molecule has 0 aliphatic heterocycles. The zero-order chi connectivity index (χ0) is 65.5. The van der Waals surface area contributed by atoms with Crippen LogP contribution < -0.4 is 4.89 Å². The van der Waals surface area contributed by atoms with Crippen molar-refractivity contribution in [3.8, 4) is 0 Å². The number of carbonyl (C=O) groups excluding carboxylic acids is 2. The number of hydrogen-bond acceptors (Lipinski definition) is 8. The Hall–Kier alpha value is -2.55. The summed E-state index contributed by atoms with van der Waals surface area (Å²) in [5.41, 5.74) is 0. The van der Waals surface area contributed by atoms with Crippen molar-refractivity contribution in [2.45, 2.75) is 380 Å². The lowest BCUT2D eigenvalue weighted by Crippen LogP contribution is -2.37. The molecule has 0 heterocycles. The predicted octanol–water partition coefficient (Wildman–Crippen LogP) is 24.9. The Morgan fingerprint density at radius 2 is 0.633 bits per heavy atom. The van der Waals surface area contributed by atoms with Gasteiger partial charge in [-0.25, -0.2) is 0 Å². The molecule has 0 aromatic heterocycles. The van der Waals surface area contributed by atoms with E-state index in [2.05, 4.69) is 86.8 Å². The van der Waals surface area contributed by atoms with Crippen molar-refractivity contribution in [1.29, 1.82) is 0 Å². The standard InChI is InChI=1S/C80H148NO8P/c1-6-8-10-12-14-16-18-20-22-24-26-28-30-32-34-35-36-37-38-39-40-41-42-43-44-45-47-48-50-52-54-56-58-60-62-64-66-68-70-72-79(82)86-76-78(77-88-90(84,85)87-75-74-81(3,4)5)89-80(83)73-71-69-67-65-63-61-59-57-55-53-51-49-46-33-31-29-27-25-23-21-19-17-15-13-11-9-7-2/h9,11,15,17-18,20-21,23-24,26-27,29,78H,6-8,10,12-14,16,19,22,25,28,30-77H2,1-5H3/b11-9-,17-15-,20-18-,23-21-,26-24-,29-27-. The number of unbranched alkanes of at least 4 members (excludes halogenated alkanes) is 46. The van der Waals surface area contributed by atoms with Crippen molar-refractivity contribution in [2.24, 2.45) is 0 Å². The Morgan fingerprint density at radius 1 is 0.356 bits per heavy atom. The summed E-state index contributed by atoms with van der Waals surface area (Å²) in [6.07, 6.45) is 95.9. The van der Waals surface area contributed by atoms with Gasteiger partial charge in [-0.05, 0) is 83.5 Å². The van der Waals surface area contributed by atoms with Crippen molar-refractivity contribution in [2.75, 3.05) is 47.5 Å². The monoisotopic (exact) mass is 1280 g/mol. The van der Waals surface area contributed by atoms with Crippen molar-refractivity contribution in [3.05, 3.63) is 72.9 Å². The lowest BCUT2D eigenvalue weighted by Gasteiger charge is -2.28. The maximum absolute atomic E-state index is 12.9. The van der Waals surface area contributed by atoms with E-state index < -0.39 is 26.5 Å². The van der Waals surface area contributed by atoms with Crippen LogP contribution in [0.3, 0.4) is 0 Å². The highest BCUT2D eigenvalue weighted by Gasteiger charge is 2.22. The van der Waals surface area contributed by atoms with Crippen LogP contribution in [-0.4, -0.2) is 70.0 Å². The molecule has 9 nitrogen and oxygen atoms in total. The molecular formula is C80H148NO8P. The topological polar surface area (TPSA) is 111 Å². The van der Waals surface area contributed by atoms with E-state index in [1.165, 1.54) is 270 Å². The first-order chi connectivity index (χ1) is 44.0. The first-order valence-electron chi connectivity index (χ1n) is 38.6.